The van der Waals surface area contributed by atoms with E-state index in [4.69, 9.17) is 4.99 Å². The molecule has 0 unspecified atom stereocenters. The lowest BCUT2D eigenvalue weighted by atomic mass is 9.72. The third-order valence-corrected chi connectivity index (χ3v) is 10.4. The number of hydrogen-bond acceptors (Lipinski definition) is 7. The number of likely N-dealkylation sites (tertiary alicyclic amines) is 1. The molecule has 3 saturated heterocycles. The lowest BCUT2D eigenvalue weighted by molar-refractivity contribution is -0.140. The Labute approximate surface area is 229 Å². The van der Waals surface area contributed by atoms with Crippen molar-refractivity contribution in [2.75, 3.05) is 32.0 Å². The van der Waals surface area contributed by atoms with Crippen LogP contribution in [0.2, 0.25) is 0 Å². The molecule has 2 spiro atoms. The zero-order valence-electron chi connectivity index (χ0n) is 21.7. The number of para-hydroxylation sites is 1. The van der Waals surface area contributed by atoms with Crippen molar-refractivity contribution in [3.8, 4) is 0 Å². The molecule has 4 amide bonds. The molecule has 0 radical (unpaired) electrons. The maximum Gasteiger partial charge on any atom is 0.323 e. The van der Waals surface area contributed by atoms with Crippen molar-refractivity contribution in [1.82, 2.24) is 25.1 Å². The number of aliphatic imine (C=N–C) groups is 1. The van der Waals surface area contributed by atoms with Crippen LogP contribution in [0.25, 0.3) is 0 Å². The largest absolute Gasteiger partial charge is 0.324 e. The van der Waals surface area contributed by atoms with Crippen molar-refractivity contribution in [1.29, 1.82) is 0 Å². The maximum atomic E-state index is 15.4. The molecule has 2 aromatic carbocycles. The molecule has 5 aliphatic rings. The molecule has 5 atom stereocenters. The molecule has 39 heavy (non-hydrogen) atoms. The molecule has 5 aliphatic heterocycles. The smallest absolute Gasteiger partial charge is 0.323 e. The van der Waals surface area contributed by atoms with Crippen LogP contribution in [-0.2, 0) is 15.1 Å². The number of amides is 4. The fourth-order valence-corrected chi connectivity index (χ4v) is 8.88. The average molecular weight is 550 g/mol. The molecule has 0 bridgehead atoms. The van der Waals surface area contributed by atoms with Gasteiger partial charge in [0.15, 0.2) is 16.9 Å². The van der Waals surface area contributed by atoms with Crippen molar-refractivity contribution < 1.29 is 18.8 Å². The number of amidine groups is 1. The highest BCUT2D eigenvalue weighted by molar-refractivity contribution is 8.16. The summed E-state index contributed by atoms with van der Waals surface area (Å²) >= 11 is 1.20. The second-order valence-electron chi connectivity index (χ2n) is 10.4. The monoisotopic (exact) mass is 549 g/mol. The van der Waals surface area contributed by atoms with E-state index in [-0.39, 0.29) is 24.4 Å². The Morgan fingerprint density at radius 1 is 1.05 bits per heavy atom. The Morgan fingerprint density at radius 2 is 1.77 bits per heavy atom. The van der Waals surface area contributed by atoms with Crippen LogP contribution in [0.4, 0.5) is 14.9 Å². The van der Waals surface area contributed by atoms with E-state index in [2.05, 4.69) is 10.7 Å². The van der Waals surface area contributed by atoms with Crippen molar-refractivity contribution in [3.63, 3.8) is 0 Å². The summed E-state index contributed by atoms with van der Waals surface area (Å²) in [5, 5.41) is 4.77. The second kappa shape index (κ2) is 8.26. The van der Waals surface area contributed by atoms with Crippen LogP contribution in [0.1, 0.15) is 30.9 Å². The lowest BCUT2D eigenvalue weighted by Gasteiger charge is -2.41. The summed E-state index contributed by atoms with van der Waals surface area (Å²) in [6.07, 6.45) is -1.08. The summed E-state index contributed by atoms with van der Waals surface area (Å²) in [7, 11) is 1.82. The number of carbonyl (C=O) groups excluding carboxylic acids is 3. The van der Waals surface area contributed by atoms with Gasteiger partial charge in [-0.15, -0.1) is 0 Å². The molecule has 2 N–H and O–H groups in total. The van der Waals surface area contributed by atoms with Gasteiger partial charge in [0.05, 0.1) is 0 Å². The highest BCUT2D eigenvalue weighted by atomic mass is 32.2. The normalized spacial score (nSPS) is 33.2. The van der Waals surface area contributed by atoms with Gasteiger partial charge < -0.3 is 10.2 Å². The van der Waals surface area contributed by atoms with E-state index < -0.39 is 34.4 Å². The van der Waals surface area contributed by atoms with Gasteiger partial charge in [-0.2, -0.15) is 5.43 Å². The number of rotatable bonds is 3. The molecule has 2 aromatic rings. The molecule has 7 rings (SSSR count). The van der Waals surface area contributed by atoms with Crippen LogP contribution in [0.15, 0.2) is 53.5 Å². The van der Waals surface area contributed by atoms with Crippen LogP contribution in [0, 0.1) is 5.82 Å². The summed E-state index contributed by atoms with van der Waals surface area (Å²) < 4.78 is 14.0. The number of anilines is 1. The van der Waals surface area contributed by atoms with Gasteiger partial charge in [-0.05, 0) is 38.6 Å². The minimum absolute atomic E-state index is 0.148. The van der Waals surface area contributed by atoms with E-state index in [1.807, 2.05) is 50.1 Å². The van der Waals surface area contributed by atoms with Crippen LogP contribution in [-0.4, -0.2) is 86.5 Å². The molecule has 5 heterocycles. The lowest BCUT2D eigenvalue weighted by Crippen LogP contribution is -2.65. The van der Waals surface area contributed by atoms with Crippen LogP contribution in [0.3, 0.4) is 0 Å². The first-order valence-corrected chi connectivity index (χ1v) is 13.9. The molecule has 10 nitrogen and oxygen atoms in total. The quantitative estimate of drug-likeness (QED) is 0.610. The van der Waals surface area contributed by atoms with Gasteiger partial charge >= 0.3 is 6.03 Å². The van der Waals surface area contributed by atoms with Crippen LogP contribution in [0.5, 0.6) is 0 Å². The fourth-order valence-electron chi connectivity index (χ4n) is 7.18. The number of hydrogen-bond donors (Lipinski definition) is 2. The third kappa shape index (κ3) is 2.78. The van der Waals surface area contributed by atoms with E-state index in [9.17, 15) is 14.4 Å². The Kier molecular flexibility index (Phi) is 5.20. The first-order valence-electron chi connectivity index (χ1n) is 13.1. The number of carbonyl (C=O) groups is 3. The molecular formula is C27H28FN7O3S. The van der Waals surface area contributed by atoms with E-state index >= 15 is 4.39 Å². The number of benzene rings is 2. The molecular weight excluding hydrogens is 521 g/mol. The minimum atomic E-state index is -1.47. The van der Waals surface area contributed by atoms with Crippen molar-refractivity contribution >= 4 is 40.5 Å². The van der Waals surface area contributed by atoms with Crippen molar-refractivity contribution in [2.24, 2.45) is 4.99 Å². The number of urea groups is 1. The maximum absolute atomic E-state index is 15.4. The highest BCUT2D eigenvalue weighted by Gasteiger charge is 2.79. The number of nitrogens with zero attached hydrogens (tertiary/aromatic N) is 5. The molecule has 3 fully saturated rings. The summed E-state index contributed by atoms with van der Waals surface area (Å²) in [6, 6.07) is 13.7. The van der Waals surface area contributed by atoms with E-state index in [0.717, 1.165) is 0 Å². The SMILES string of the molecule is CCN1C(=O)N(CC)[C@H]2NN3C(=O)[C@]4(SC3=N[C@H]21)[C@@H](c1ccccc1F)CN(C)[C@@]41C(=O)Nc2ccccc21. The molecule has 0 aromatic heterocycles. The van der Waals surface area contributed by atoms with Gasteiger partial charge in [0.25, 0.3) is 11.8 Å². The van der Waals surface area contributed by atoms with Gasteiger partial charge in [-0.1, -0.05) is 48.2 Å². The molecule has 12 heteroatoms. The number of fused-ring (bicyclic) bond motifs is 5. The van der Waals surface area contributed by atoms with Gasteiger partial charge in [0.1, 0.15) is 16.7 Å². The number of hydrazine groups is 1. The molecule has 0 aliphatic carbocycles. The number of halogens is 1. The molecule has 0 saturated carbocycles. The Balaban J connectivity index is 1.45. The zero-order chi connectivity index (χ0) is 27.3. The first kappa shape index (κ1) is 24.6. The average Bonchev–Trinajstić information content (AvgIpc) is 3.57. The van der Waals surface area contributed by atoms with E-state index in [1.54, 1.807) is 28.0 Å². The van der Waals surface area contributed by atoms with Crippen LogP contribution < -0.4 is 10.7 Å². The second-order valence-corrected chi connectivity index (χ2v) is 11.6. The third-order valence-electron chi connectivity index (χ3n) is 8.81. The Morgan fingerprint density at radius 3 is 2.51 bits per heavy atom. The number of thioether (sulfide) groups is 1. The Bertz CT molecular complexity index is 1470. The molecule has 202 valence electrons. The highest BCUT2D eigenvalue weighted by Crippen LogP contribution is 2.66. The van der Waals surface area contributed by atoms with Gasteiger partial charge in [0, 0.05) is 36.8 Å². The van der Waals surface area contributed by atoms with Gasteiger partial charge in [0.2, 0.25) is 0 Å². The van der Waals surface area contributed by atoms with Crippen LogP contribution >= 0.6 is 11.8 Å². The van der Waals surface area contributed by atoms with Crippen molar-refractivity contribution in [2.45, 2.75) is 42.4 Å². The number of likely N-dealkylation sites (N-methyl/N-ethyl adjacent to an activating group) is 3. The Hall–Kier alpha value is -3.48. The summed E-state index contributed by atoms with van der Waals surface area (Å²) in [6.45, 7) is 4.94. The topological polar surface area (TPSA) is 101 Å². The van der Waals surface area contributed by atoms with Gasteiger partial charge in [-0.3, -0.25) is 19.4 Å². The number of nitrogens with one attached hydrogen (secondary N) is 2. The minimum Gasteiger partial charge on any atom is -0.324 e. The van der Waals surface area contributed by atoms with E-state index in [0.29, 0.717) is 35.1 Å². The zero-order valence-corrected chi connectivity index (χ0v) is 22.5. The summed E-state index contributed by atoms with van der Waals surface area (Å²) in [5.41, 5.74) is 3.54. The standard InChI is InChI=1S/C27H28FN7O3S/c1-4-33-20-21(34(5-2)25(33)38)31-35-23(37)27(39-24(35)30-20)17(15-10-6-8-12-18(15)28)14-32(3)26(27)16-11-7-9-13-19(16)29-22(26)36/h6-13,17,20-21,31H,4-5,14H2,1-3H3,(H,29,36)/t17-,20+,21-,26+,27-/m1/s1. The summed E-state index contributed by atoms with van der Waals surface area (Å²) in [5.74, 6) is -1.80. The van der Waals surface area contributed by atoms with Crippen molar-refractivity contribution in [3.05, 3.63) is 65.5 Å². The first-order chi connectivity index (χ1) is 18.8. The van der Waals surface area contributed by atoms with E-state index in [1.165, 1.54) is 22.8 Å². The predicted octanol–water partition coefficient (Wildman–Crippen LogP) is 2.32. The fraction of sp³-hybridized carbons (Fsp3) is 0.407. The van der Waals surface area contributed by atoms with Gasteiger partial charge in [-0.25, -0.2) is 19.2 Å². The summed E-state index contributed by atoms with van der Waals surface area (Å²) in [4.78, 5) is 52.1. The predicted molar refractivity (Wildman–Crippen MR) is 144 cm³/mol.